The number of ether oxygens (including phenoxy) is 3. The monoisotopic (exact) mass is 375 g/mol. The summed E-state index contributed by atoms with van der Waals surface area (Å²) in [4.78, 5) is 12.4. The van der Waals surface area contributed by atoms with Crippen molar-refractivity contribution in [3.8, 4) is 17.2 Å². The second-order valence-corrected chi connectivity index (χ2v) is 7.22. The molecule has 0 aromatic heterocycles. The summed E-state index contributed by atoms with van der Waals surface area (Å²) >= 11 is 6.05. The predicted octanol–water partition coefficient (Wildman–Crippen LogP) is 4.15. The van der Waals surface area contributed by atoms with Crippen molar-refractivity contribution in [1.29, 1.82) is 0 Å². The fourth-order valence-corrected chi connectivity index (χ4v) is 3.22. The number of hydrogen-bond donors (Lipinski definition) is 1. The van der Waals surface area contributed by atoms with Gasteiger partial charge in [0.15, 0.2) is 6.61 Å². The number of halogens is 1. The van der Waals surface area contributed by atoms with Gasteiger partial charge in [0, 0.05) is 12.0 Å². The number of nitrogens with one attached hydrogen (secondary N) is 1. The van der Waals surface area contributed by atoms with Gasteiger partial charge in [-0.3, -0.25) is 4.79 Å². The topological polar surface area (TPSA) is 56.8 Å². The number of para-hydroxylation sites is 1. The number of benzene rings is 2. The molecule has 1 aliphatic heterocycles. The van der Waals surface area contributed by atoms with Crippen LogP contribution in [0, 0.1) is 0 Å². The van der Waals surface area contributed by atoms with Gasteiger partial charge >= 0.3 is 0 Å². The van der Waals surface area contributed by atoms with Gasteiger partial charge in [0.05, 0.1) is 18.2 Å². The summed E-state index contributed by atoms with van der Waals surface area (Å²) in [6.45, 7) is 3.89. The van der Waals surface area contributed by atoms with E-state index in [2.05, 4.69) is 5.32 Å². The van der Waals surface area contributed by atoms with Crippen LogP contribution in [0.3, 0.4) is 0 Å². The molecule has 1 heterocycles. The summed E-state index contributed by atoms with van der Waals surface area (Å²) < 4.78 is 16.8. The average molecular weight is 376 g/mol. The lowest BCUT2D eigenvalue weighted by atomic mass is 9.89. The summed E-state index contributed by atoms with van der Waals surface area (Å²) in [5, 5.41) is 3.50. The van der Waals surface area contributed by atoms with Crippen LogP contribution >= 0.6 is 11.6 Å². The summed E-state index contributed by atoms with van der Waals surface area (Å²) in [6, 6.07) is 12.5. The van der Waals surface area contributed by atoms with E-state index in [1.54, 1.807) is 19.2 Å². The Kier molecular flexibility index (Phi) is 5.28. The second kappa shape index (κ2) is 7.46. The van der Waals surface area contributed by atoms with Crippen LogP contribution in [0.5, 0.6) is 17.2 Å². The maximum Gasteiger partial charge on any atom is 0.258 e. The SMILES string of the molecule is COc1ccc2c(c1)C(NC(=O)COc1ccccc1Cl)CC(C)(C)O2. The maximum absolute atomic E-state index is 12.4. The Balaban J connectivity index is 1.72. The van der Waals surface area contributed by atoms with E-state index in [-0.39, 0.29) is 24.2 Å². The molecule has 1 atom stereocenters. The van der Waals surface area contributed by atoms with E-state index < -0.39 is 0 Å². The largest absolute Gasteiger partial charge is 0.497 e. The minimum absolute atomic E-state index is 0.110. The van der Waals surface area contributed by atoms with Crippen LogP contribution in [0.15, 0.2) is 42.5 Å². The van der Waals surface area contributed by atoms with E-state index in [0.717, 1.165) is 17.1 Å². The Labute approximate surface area is 158 Å². The zero-order valence-electron chi connectivity index (χ0n) is 15.0. The van der Waals surface area contributed by atoms with Crippen LogP contribution < -0.4 is 19.5 Å². The van der Waals surface area contributed by atoms with E-state index in [0.29, 0.717) is 17.2 Å². The lowest BCUT2D eigenvalue weighted by Crippen LogP contribution is -2.42. The van der Waals surface area contributed by atoms with Crippen LogP contribution in [0.25, 0.3) is 0 Å². The van der Waals surface area contributed by atoms with E-state index in [1.807, 2.05) is 44.2 Å². The molecule has 6 heteroatoms. The van der Waals surface area contributed by atoms with Gasteiger partial charge in [-0.1, -0.05) is 23.7 Å². The van der Waals surface area contributed by atoms with E-state index in [9.17, 15) is 4.79 Å². The molecule has 2 aromatic rings. The number of amides is 1. The highest BCUT2D eigenvalue weighted by Crippen LogP contribution is 2.41. The van der Waals surface area contributed by atoms with E-state index >= 15 is 0 Å². The summed E-state index contributed by atoms with van der Waals surface area (Å²) in [7, 11) is 1.61. The third kappa shape index (κ3) is 4.22. The first-order chi connectivity index (χ1) is 12.4. The standard InChI is InChI=1S/C20H22ClNO4/c1-20(2)11-16(14-10-13(24-3)8-9-17(14)26-20)22-19(23)12-25-18-7-5-4-6-15(18)21/h4-10,16H,11-12H2,1-3H3,(H,22,23). The molecule has 0 saturated carbocycles. The molecule has 0 saturated heterocycles. The average Bonchev–Trinajstić information content (AvgIpc) is 2.60. The van der Waals surface area contributed by atoms with Crippen molar-refractivity contribution in [3.05, 3.63) is 53.1 Å². The van der Waals surface area contributed by atoms with Gasteiger partial charge in [0.2, 0.25) is 0 Å². The van der Waals surface area contributed by atoms with Crippen LogP contribution in [0.4, 0.5) is 0 Å². The van der Waals surface area contributed by atoms with Crippen molar-refractivity contribution in [2.45, 2.75) is 31.9 Å². The Hall–Kier alpha value is -2.40. The van der Waals surface area contributed by atoms with Gasteiger partial charge in [-0.25, -0.2) is 0 Å². The highest BCUT2D eigenvalue weighted by atomic mass is 35.5. The molecule has 1 amide bonds. The first kappa shape index (κ1) is 18.4. The van der Waals surface area contributed by atoms with Crippen LogP contribution in [0.1, 0.15) is 31.9 Å². The van der Waals surface area contributed by atoms with Crippen molar-refractivity contribution >= 4 is 17.5 Å². The molecule has 0 bridgehead atoms. The lowest BCUT2D eigenvalue weighted by Gasteiger charge is -2.38. The molecule has 0 radical (unpaired) electrons. The number of fused-ring (bicyclic) bond motifs is 1. The van der Waals surface area contributed by atoms with Crippen molar-refractivity contribution < 1.29 is 19.0 Å². The molecule has 3 rings (SSSR count). The van der Waals surface area contributed by atoms with Crippen LogP contribution in [-0.2, 0) is 4.79 Å². The van der Waals surface area contributed by atoms with E-state index in [1.165, 1.54) is 0 Å². The minimum Gasteiger partial charge on any atom is -0.497 e. The molecule has 1 aliphatic rings. The smallest absolute Gasteiger partial charge is 0.258 e. The molecule has 138 valence electrons. The molecule has 26 heavy (non-hydrogen) atoms. The Morgan fingerprint density at radius 2 is 2.08 bits per heavy atom. The fraction of sp³-hybridized carbons (Fsp3) is 0.350. The van der Waals surface area contributed by atoms with Gasteiger partial charge in [0.1, 0.15) is 22.8 Å². The van der Waals surface area contributed by atoms with Gasteiger partial charge < -0.3 is 19.5 Å². The van der Waals surface area contributed by atoms with Crippen LogP contribution in [-0.4, -0.2) is 25.2 Å². The fourth-order valence-electron chi connectivity index (χ4n) is 3.03. The molecule has 2 aromatic carbocycles. The van der Waals surface area contributed by atoms with Crippen molar-refractivity contribution in [1.82, 2.24) is 5.32 Å². The molecule has 0 spiro atoms. The molecule has 1 unspecified atom stereocenters. The number of carbonyl (C=O) groups excluding carboxylic acids is 1. The number of hydrogen-bond acceptors (Lipinski definition) is 4. The minimum atomic E-state index is -0.386. The van der Waals surface area contributed by atoms with Crippen LogP contribution in [0.2, 0.25) is 5.02 Å². The Bertz CT molecular complexity index is 806. The molecular formula is C20H22ClNO4. The highest BCUT2D eigenvalue weighted by Gasteiger charge is 2.34. The van der Waals surface area contributed by atoms with Gasteiger partial charge in [-0.15, -0.1) is 0 Å². The zero-order valence-corrected chi connectivity index (χ0v) is 15.8. The Morgan fingerprint density at radius 1 is 1.31 bits per heavy atom. The Morgan fingerprint density at radius 3 is 2.81 bits per heavy atom. The number of methoxy groups -OCH3 is 1. The summed E-state index contributed by atoms with van der Waals surface area (Å²) in [6.07, 6.45) is 0.644. The number of rotatable bonds is 5. The molecule has 0 fully saturated rings. The molecular weight excluding hydrogens is 354 g/mol. The van der Waals surface area contributed by atoms with Gasteiger partial charge in [-0.2, -0.15) is 0 Å². The molecule has 0 aliphatic carbocycles. The number of carbonyl (C=O) groups is 1. The predicted molar refractivity (Wildman–Crippen MR) is 100 cm³/mol. The second-order valence-electron chi connectivity index (χ2n) is 6.81. The first-order valence-electron chi connectivity index (χ1n) is 8.41. The van der Waals surface area contributed by atoms with Gasteiger partial charge in [0.25, 0.3) is 5.91 Å². The van der Waals surface area contributed by atoms with Gasteiger partial charge in [-0.05, 0) is 44.2 Å². The van der Waals surface area contributed by atoms with Crippen molar-refractivity contribution in [2.75, 3.05) is 13.7 Å². The zero-order chi connectivity index (χ0) is 18.7. The maximum atomic E-state index is 12.4. The quantitative estimate of drug-likeness (QED) is 0.853. The normalized spacial score (nSPS) is 17.6. The first-order valence-corrected chi connectivity index (χ1v) is 8.79. The third-order valence-electron chi connectivity index (χ3n) is 4.20. The summed E-state index contributed by atoms with van der Waals surface area (Å²) in [5.74, 6) is 1.73. The van der Waals surface area contributed by atoms with Crippen molar-refractivity contribution in [2.24, 2.45) is 0 Å². The molecule has 5 nitrogen and oxygen atoms in total. The lowest BCUT2D eigenvalue weighted by molar-refractivity contribution is -0.124. The summed E-state index contributed by atoms with van der Waals surface area (Å²) in [5.41, 5.74) is 0.512. The highest BCUT2D eigenvalue weighted by molar-refractivity contribution is 6.32. The van der Waals surface area contributed by atoms with E-state index in [4.69, 9.17) is 25.8 Å². The molecule has 1 N–H and O–H groups in total. The van der Waals surface area contributed by atoms with Crippen molar-refractivity contribution in [3.63, 3.8) is 0 Å². The third-order valence-corrected chi connectivity index (χ3v) is 4.52.